The number of carbonyl (C=O) groups excluding carboxylic acids is 1. The largest absolute Gasteiger partial charge is 0.388 e. The van der Waals surface area contributed by atoms with Gasteiger partial charge in [-0.15, -0.1) is 0 Å². The highest BCUT2D eigenvalue weighted by Crippen LogP contribution is 2.34. The number of amides is 2. The van der Waals surface area contributed by atoms with Crippen molar-refractivity contribution in [1.82, 2.24) is 10.6 Å². The molecule has 2 rings (SSSR count). The zero-order valence-corrected chi connectivity index (χ0v) is 11.4. The van der Waals surface area contributed by atoms with Crippen LogP contribution >= 0.6 is 0 Å². The molecule has 2 saturated heterocycles. The van der Waals surface area contributed by atoms with Crippen LogP contribution in [-0.4, -0.2) is 41.5 Å². The molecule has 3 N–H and O–H groups in total. The molecule has 2 heterocycles. The molecule has 0 aromatic heterocycles. The van der Waals surface area contributed by atoms with Gasteiger partial charge in [0.15, 0.2) is 0 Å². The summed E-state index contributed by atoms with van der Waals surface area (Å²) >= 11 is 0. The van der Waals surface area contributed by atoms with Crippen LogP contribution in [0.5, 0.6) is 0 Å². The molecule has 0 aromatic rings. The van der Waals surface area contributed by atoms with Crippen molar-refractivity contribution >= 4 is 6.03 Å². The Bertz CT molecular complexity index is 317. The molecule has 0 saturated carbocycles. The van der Waals surface area contributed by atoms with Gasteiger partial charge in [0.25, 0.3) is 0 Å². The maximum atomic E-state index is 11.8. The number of fused-ring (bicyclic) bond motifs is 2. The highest BCUT2D eigenvalue weighted by Gasteiger charge is 2.41. The lowest BCUT2D eigenvalue weighted by atomic mass is 9.92. The summed E-state index contributed by atoms with van der Waals surface area (Å²) in [4.78, 5) is 11.8. The van der Waals surface area contributed by atoms with E-state index >= 15 is 0 Å². The van der Waals surface area contributed by atoms with Gasteiger partial charge in [-0.25, -0.2) is 4.79 Å². The number of ether oxygens (including phenoxy) is 1. The molecule has 5 heteroatoms. The fourth-order valence-corrected chi connectivity index (χ4v) is 2.47. The number of hydrogen-bond acceptors (Lipinski definition) is 3. The van der Waals surface area contributed by atoms with Crippen LogP contribution in [0.4, 0.5) is 4.79 Å². The molecule has 4 unspecified atom stereocenters. The van der Waals surface area contributed by atoms with E-state index in [-0.39, 0.29) is 30.6 Å². The fourth-order valence-electron chi connectivity index (χ4n) is 2.47. The first-order valence-corrected chi connectivity index (χ1v) is 6.80. The van der Waals surface area contributed by atoms with E-state index in [1.54, 1.807) is 6.92 Å². The van der Waals surface area contributed by atoms with Crippen LogP contribution in [0.15, 0.2) is 0 Å². The van der Waals surface area contributed by atoms with E-state index in [0.717, 1.165) is 19.3 Å². The maximum Gasteiger partial charge on any atom is 0.315 e. The van der Waals surface area contributed by atoms with Crippen LogP contribution in [0.1, 0.15) is 40.0 Å². The second-order valence-electron chi connectivity index (χ2n) is 6.05. The average molecular weight is 256 g/mol. The molecular weight excluding hydrogens is 232 g/mol. The predicted octanol–water partition coefficient (Wildman–Crippen LogP) is 1.01. The Labute approximate surface area is 108 Å². The molecule has 0 spiro atoms. The van der Waals surface area contributed by atoms with Gasteiger partial charge in [0, 0.05) is 6.54 Å². The molecule has 2 fully saturated rings. The first-order chi connectivity index (χ1) is 8.38. The minimum Gasteiger partial charge on any atom is -0.388 e. The van der Waals surface area contributed by atoms with Crippen LogP contribution in [-0.2, 0) is 4.74 Å². The highest BCUT2D eigenvalue weighted by atomic mass is 16.5. The summed E-state index contributed by atoms with van der Waals surface area (Å²) in [5.41, 5.74) is -0.872. The Hall–Kier alpha value is -0.810. The van der Waals surface area contributed by atoms with Gasteiger partial charge in [-0.3, -0.25) is 0 Å². The van der Waals surface area contributed by atoms with Gasteiger partial charge in [-0.05, 0) is 32.1 Å². The minimum atomic E-state index is -0.872. The van der Waals surface area contributed by atoms with E-state index < -0.39 is 5.60 Å². The van der Waals surface area contributed by atoms with E-state index in [1.807, 2.05) is 13.8 Å². The summed E-state index contributed by atoms with van der Waals surface area (Å²) in [5, 5.41) is 15.7. The standard InChI is InChI=1S/C13H24N2O3/c1-8(2)13(3,17)7-14-12(16)15-10-6-9-4-5-11(10)18-9/h8-11,17H,4-7H2,1-3H3,(H2,14,15,16). The zero-order chi connectivity index (χ0) is 13.3. The molecule has 5 nitrogen and oxygen atoms in total. The minimum absolute atomic E-state index is 0.101. The lowest BCUT2D eigenvalue weighted by Crippen LogP contribution is -2.51. The third-order valence-electron chi connectivity index (χ3n) is 4.27. The van der Waals surface area contributed by atoms with Crippen LogP contribution in [0.2, 0.25) is 0 Å². The van der Waals surface area contributed by atoms with Crippen molar-refractivity contribution in [3.63, 3.8) is 0 Å². The lowest BCUT2D eigenvalue weighted by molar-refractivity contribution is 0.0164. The third-order valence-corrected chi connectivity index (χ3v) is 4.27. The summed E-state index contributed by atoms with van der Waals surface area (Å²) in [6.45, 7) is 5.86. The Kier molecular flexibility index (Phi) is 3.82. The van der Waals surface area contributed by atoms with Gasteiger partial charge in [0.05, 0.1) is 23.9 Å². The molecule has 2 bridgehead atoms. The summed E-state index contributed by atoms with van der Waals surface area (Å²) in [7, 11) is 0. The first-order valence-electron chi connectivity index (χ1n) is 6.80. The normalized spacial score (nSPS) is 33.5. The van der Waals surface area contributed by atoms with Gasteiger partial charge >= 0.3 is 6.03 Å². The van der Waals surface area contributed by atoms with E-state index in [1.165, 1.54) is 0 Å². The first kappa shape index (κ1) is 13.6. The van der Waals surface area contributed by atoms with Crippen LogP contribution in [0.3, 0.4) is 0 Å². The van der Waals surface area contributed by atoms with Crippen LogP contribution in [0.25, 0.3) is 0 Å². The Morgan fingerprint density at radius 2 is 2.22 bits per heavy atom. The molecule has 0 aliphatic carbocycles. The molecule has 18 heavy (non-hydrogen) atoms. The number of aliphatic hydroxyl groups is 1. The lowest BCUT2D eigenvalue weighted by Gasteiger charge is -2.28. The summed E-state index contributed by atoms with van der Waals surface area (Å²) in [6.07, 6.45) is 3.59. The molecule has 104 valence electrons. The van der Waals surface area contributed by atoms with E-state index in [4.69, 9.17) is 4.74 Å². The molecular formula is C13H24N2O3. The van der Waals surface area contributed by atoms with Gasteiger partial charge in [0.2, 0.25) is 0 Å². The molecule has 2 amide bonds. The van der Waals surface area contributed by atoms with Gasteiger partial charge < -0.3 is 20.5 Å². The molecule has 2 aliphatic heterocycles. The second kappa shape index (κ2) is 5.05. The number of nitrogens with one attached hydrogen (secondary N) is 2. The van der Waals surface area contributed by atoms with E-state index in [2.05, 4.69) is 10.6 Å². The van der Waals surface area contributed by atoms with Crippen molar-refractivity contribution in [3.8, 4) is 0 Å². The monoisotopic (exact) mass is 256 g/mol. The molecule has 0 radical (unpaired) electrons. The van der Waals surface area contributed by atoms with E-state index in [9.17, 15) is 9.90 Å². The quantitative estimate of drug-likeness (QED) is 0.703. The van der Waals surface area contributed by atoms with Crippen molar-refractivity contribution in [2.75, 3.05) is 6.54 Å². The van der Waals surface area contributed by atoms with Crippen molar-refractivity contribution in [2.24, 2.45) is 5.92 Å². The smallest absolute Gasteiger partial charge is 0.315 e. The SMILES string of the molecule is CC(C)C(C)(O)CNC(=O)NC1CC2CCC1O2. The van der Waals surface area contributed by atoms with Crippen molar-refractivity contribution < 1.29 is 14.6 Å². The Morgan fingerprint density at radius 3 is 2.72 bits per heavy atom. The number of carbonyl (C=O) groups is 1. The van der Waals surface area contributed by atoms with E-state index in [0.29, 0.717) is 6.10 Å². The zero-order valence-electron chi connectivity index (χ0n) is 11.4. The molecule has 4 atom stereocenters. The summed E-state index contributed by atoms with van der Waals surface area (Å²) < 4.78 is 5.68. The maximum absolute atomic E-state index is 11.8. The van der Waals surface area contributed by atoms with Gasteiger partial charge in [-0.1, -0.05) is 13.8 Å². The molecule has 2 aliphatic rings. The molecule has 0 aromatic carbocycles. The second-order valence-corrected chi connectivity index (χ2v) is 6.05. The predicted molar refractivity (Wildman–Crippen MR) is 68.3 cm³/mol. The summed E-state index contributed by atoms with van der Waals surface area (Å²) in [5.74, 6) is 0.101. The summed E-state index contributed by atoms with van der Waals surface area (Å²) in [6, 6.07) is -0.0789. The topological polar surface area (TPSA) is 70.6 Å². The van der Waals surface area contributed by atoms with Gasteiger partial charge in [-0.2, -0.15) is 0 Å². The van der Waals surface area contributed by atoms with Crippen molar-refractivity contribution in [2.45, 2.75) is 63.9 Å². The number of hydrogen-bond donors (Lipinski definition) is 3. The number of urea groups is 1. The van der Waals surface area contributed by atoms with Crippen LogP contribution < -0.4 is 10.6 Å². The van der Waals surface area contributed by atoms with Crippen LogP contribution in [0, 0.1) is 5.92 Å². The highest BCUT2D eigenvalue weighted by molar-refractivity contribution is 5.74. The van der Waals surface area contributed by atoms with Crippen molar-refractivity contribution in [3.05, 3.63) is 0 Å². The van der Waals surface area contributed by atoms with Crippen molar-refractivity contribution in [1.29, 1.82) is 0 Å². The Balaban J connectivity index is 1.73. The fraction of sp³-hybridized carbons (Fsp3) is 0.923. The number of rotatable bonds is 4. The Morgan fingerprint density at radius 1 is 1.50 bits per heavy atom. The third kappa shape index (κ3) is 2.95. The van der Waals surface area contributed by atoms with Gasteiger partial charge in [0.1, 0.15) is 0 Å². The average Bonchev–Trinajstić information content (AvgIpc) is 2.88.